The molecule has 0 saturated heterocycles. The molecule has 1 aliphatic heterocycles. The molecule has 1 aliphatic rings. The molecule has 0 radical (unpaired) electrons. The van der Waals surface area contributed by atoms with Crippen LogP contribution in [0.25, 0.3) is 10.9 Å². The van der Waals surface area contributed by atoms with Gasteiger partial charge in [-0.3, -0.25) is 4.79 Å². The Morgan fingerprint density at radius 3 is 3.05 bits per heavy atom. The molecule has 0 aliphatic carbocycles. The van der Waals surface area contributed by atoms with Crippen molar-refractivity contribution in [2.75, 3.05) is 19.6 Å². The lowest BCUT2D eigenvalue weighted by atomic mass is 10.1. The predicted molar refractivity (Wildman–Crippen MR) is 85.2 cm³/mol. The van der Waals surface area contributed by atoms with Crippen LogP contribution in [0.5, 0.6) is 0 Å². The van der Waals surface area contributed by atoms with Crippen LogP contribution in [0, 0.1) is 0 Å². The van der Waals surface area contributed by atoms with Gasteiger partial charge < -0.3 is 15.6 Å². The predicted octanol–water partition coefficient (Wildman–Crippen LogP) is 2.14. The summed E-state index contributed by atoms with van der Waals surface area (Å²) in [4.78, 5) is 15.2. The zero-order chi connectivity index (χ0) is 14.5. The third-order valence-corrected chi connectivity index (χ3v) is 3.97. The van der Waals surface area contributed by atoms with E-state index >= 15 is 0 Å². The average molecular weight is 283 g/mol. The molecule has 0 saturated carbocycles. The zero-order valence-corrected chi connectivity index (χ0v) is 12.1. The number of aromatic nitrogens is 1. The highest BCUT2D eigenvalue weighted by atomic mass is 16.1. The molecule has 3 rings (SSSR count). The van der Waals surface area contributed by atoms with Crippen molar-refractivity contribution in [3.8, 4) is 0 Å². The van der Waals surface area contributed by atoms with E-state index in [0.717, 1.165) is 31.4 Å². The van der Waals surface area contributed by atoms with E-state index in [2.05, 4.69) is 33.8 Å². The van der Waals surface area contributed by atoms with Gasteiger partial charge in [-0.2, -0.15) is 0 Å². The van der Waals surface area contributed by atoms with Gasteiger partial charge in [0.2, 0.25) is 5.91 Å². The van der Waals surface area contributed by atoms with Crippen LogP contribution < -0.4 is 10.6 Å². The summed E-state index contributed by atoms with van der Waals surface area (Å²) in [5, 5.41) is 7.50. The molecule has 2 aromatic rings. The Hall–Kier alpha value is -2.07. The van der Waals surface area contributed by atoms with Gasteiger partial charge in [0.1, 0.15) is 0 Å². The minimum Gasteiger partial charge on any atom is -0.361 e. The van der Waals surface area contributed by atoms with Crippen molar-refractivity contribution in [2.24, 2.45) is 0 Å². The number of para-hydroxylation sites is 1. The molecule has 0 bridgehead atoms. The van der Waals surface area contributed by atoms with E-state index in [4.69, 9.17) is 0 Å². The molecule has 21 heavy (non-hydrogen) atoms. The maximum atomic E-state index is 12.0. The van der Waals surface area contributed by atoms with Gasteiger partial charge in [0.05, 0.1) is 0 Å². The second-order valence-electron chi connectivity index (χ2n) is 5.45. The first-order chi connectivity index (χ1) is 10.3. The second kappa shape index (κ2) is 6.59. The van der Waals surface area contributed by atoms with Crippen LogP contribution in [-0.2, 0) is 11.2 Å². The van der Waals surface area contributed by atoms with Crippen LogP contribution in [0.4, 0.5) is 0 Å². The van der Waals surface area contributed by atoms with E-state index in [0.29, 0.717) is 13.0 Å². The first-order valence-corrected chi connectivity index (χ1v) is 7.53. The van der Waals surface area contributed by atoms with Crippen LogP contribution in [0.3, 0.4) is 0 Å². The van der Waals surface area contributed by atoms with Crippen molar-refractivity contribution in [2.45, 2.75) is 19.3 Å². The summed E-state index contributed by atoms with van der Waals surface area (Å²) in [7, 11) is 0. The van der Waals surface area contributed by atoms with Crippen molar-refractivity contribution in [3.63, 3.8) is 0 Å². The summed E-state index contributed by atoms with van der Waals surface area (Å²) < 4.78 is 0. The third-order valence-electron chi connectivity index (χ3n) is 3.97. The number of aryl methyl sites for hydroxylation is 1. The van der Waals surface area contributed by atoms with Gasteiger partial charge in [0.15, 0.2) is 0 Å². The SMILES string of the molecule is O=C(CCc1c[nH]c2ccccc12)NCC1=CCNCC1. The van der Waals surface area contributed by atoms with E-state index in [1.54, 1.807) is 0 Å². The molecular weight excluding hydrogens is 262 g/mol. The Balaban J connectivity index is 1.50. The molecular formula is C17H21N3O. The fourth-order valence-corrected chi connectivity index (χ4v) is 2.72. The standard InChI is InChI=1S/C17H21N3O/c21-17(20-11-13-7-9-18-10-8-13)6-5-14-12-19-16-4-2-1-3-15(14)16/h1-4,7,12,18-19H,5-6,8-11H2,(H,20,21). The summed E-state index contributed by atoms with van der Waals surface area (Å²) in [6.45, 7) is 2.62. The molecule has 0 atom stereocenters. The summed E-state index contributed by atoms with van der Waals surface area (Å²) in [5.41, 5.74) is 3.67. The first kappa shape index (κ1) is 13.9. The number of nitrogens with one attached hydrogen (secondary N) is 3. The van der Waals surface area contributed by atoms with Crippen molar-refractivity contribution < 1.29 is 4.79 Å². The van der Waals surface area contributed by atoms with Gasteiger partial charge in [-0.1, -0.05) is 29.8 Å². The van der Waals surface area contributed by atoms with Gasteiger partial charge in [0, 0.05) is 36.6 Å². The van der Waals surface area contributed by atoms with E-state index in [9.17, 15) is 4.79 Å². The van der Waals surface area contributed by atoms with Gasteiger partial charge in [-0.15, -0.1) is 0 Å². The largest absolute Gasteiger partial charge is 0.361 e. The Morgan fingerprint density at radius 1 is 1.29 bits per heavy atom. The number of benzene rings is 1. The van der Waals surface area contributed by atoms with E-state index in [-0.39, 0.29) is 5.91 Å². The van der Waals surface area contributed by atoms with Gasteiger partial charge in [-0.25, -0.2) is 0 Å². The van der Waals surface area contributed by atoms with E-state index in [1.165, 1.54) is 16.5 Å². The molecule has 1 aromatic heterocycles. The monoisotopic (exact) mass is 283 g/mol. The number of fused-ring (bicyclic) bond motifs is 1. The summed E-state index contributed by atoms with van der Waals surface area (Å²) in [6, 6.07) is 8.20. The number of hydrogen-bond acceptors (Lipinski definition) is 2. The fraction of sp³-hybridized carbons (Fsp3) is 0.353. The highest BCUT2D eigenvalue weighted by molar-refractivity contribution is 5.84. The molecule has 4 heteroatoms. The van der Waals surface area contributed by atoms with Crippen molar-refractivity contribution in [3.05, 3.63) is 47.7 Å². The molecule has 110 valence electrons. The average Bonchev–Trinajstić information content (AvgIpc) is 2.95. The van der Waals surface area contributed by atoms with Crippen molar-refractivity contribution in [1.29, 1.82) is 0 Å². The minimum absolute atomic E-state index is 0.125. The normalized spacial score (nSPS) is 15.0. The molecule has 0 unspecified atom stereocenters. The first-order valence-electron chi connectivity index (χ1n) is 7.53. The molecule has 1 aromatic carbocycles. The third kappa shape index (κ3) is 3.52. The summed E-state index contributed by atoms with van der Waals surface area (Å²) >= 11 is 0. The number of H-pyrrole nitrogens is 1. The van der Waals surface area contributed by atoms with Crippen molar-refractivity contribution in [1.82, 2.24) is 15.6 Å². The van der Waals surface area contributed by atoms with Gasteiger partial charge >= 0.3 is 0 Å². The maximum absolute atomic E-state index is 12.0. The topological polar surface area (TPSA) is 56.9 Å². The molecule has 4 nitrogen and oxygen atoms in total. The minimum atomic E-state index is 0.125. The van der Waals surface area contributed by atoms with Crippen molar-refractivity contribution >= 4 is 16.8 Å². The zero-order valence-electron chi connectivity index (χ0n) is 12.1. The van der Waals surface area contributed by atoms with Gasteiger partial charge in [-0.05, 0) is 31.0 Å². The Kier molecular flexibility index (Phi) is 4.36. The van der Waals surface area contributed by atoms with Crippen LogP contribution in [0.15, 0.2) is 42.1 Å². The highest BCUT2D eigenvalue weighted by Gasteiger charge is 2.08. The smallest absolute Gasteiger partial charge is 0.220 e. The molecule has 3 N–H and O–H groups in total. The number of amides is 1. The lowest BCUT2D eigenvalue weighted by Gasteiger charge is -2.14. The molecule has 0 fully saturated rings. The number of aromatic amines is 1. The lowest BCUT2D eigenvalue weighted by molar-refractivity contribution is -0.120. The van der Waals surface area contributed by atoms with Crippen LogP contribution >= 0.6 is 0 Å². The Morgan fingerprint density at radius 2 is 2.19 bits per heavy atom. The highest BCUT2D eigenvalue weighted by Crippen LogP contribution is 2.18. The number of hydrogen-bond donors (Lipinski definition) is 3. The van der Waals surface area contributed by atoms with Gasteiger partial charge in [0.25, 0.3) is 0 Å². The van der Waals surface area contributed by atoms with Crippen LogP contribution in [0.2, 0.25) is 0 Å². The number of rotatable bonds is 5. The van der Waals surface area contributed by atoms with E-state index < -0.39 is 0 Å². The number of carbonyl (C=O) groups excluding carboxylic acids is 1. The summed E-state index contributed by atoms with van der Waals surface area (Å²) in [5.74, 6) is 0.125. The fourth-order valence-electron chi connectivity index (χ4n) is 2.72. The Bertz CT molecular complexity index is 657. The Labute approximate surface area is 124 Å². The quantitative estimate of drug-likeness (QED) is 0.736. The lowest BCUT2D eigenvalue weighted by Crippen LogP contribution is -2.29. The van der Waals surface area contributed by atoms with Crippen LogP contribution in [-0.4, -0.2) is 30.5 Å². The molecule has 0 spiro atoms. The number of carbonyl (C=O) groups is 1. The summed E-state index contributed by atoms with van der Waals surface area (Å²) in [6.07, 6.45) is 6.52. The molecule has 2 heterocycles. The van der Waals surface area contributed by atoms with E-state index in [1.807, 2.05) is 18.3 Å². The second-order valence-corrected chi connectivity index (χ2v) is 5.45. The maximum Gasteiger partial charge on any atom is 0.220 e. The molecule has 1 amide bonds. The van der Waals surface area contributed by atoms with Crippen LogP contribution in [0.1, 0.15) is 18.4 Å².